The number of carbonyl (C=O) groups is 1. The van der Waals surface area contributed by atoms with Crippen molar-refractivity contribution in [2.45, 2.75) is 18.9 Å². The number of ether oxygens (including phenoxy) is 2. The standard InChI is InChI=1S/C21H17ClO6/c1-26-12-5-6-15(18(9-12)27-13-7-11(8-13)21(24)25)19-10-17(23)14-3-2-4-16(22)20(14)28-19/h2-6,9-11,13H,7-8H2,1H3,(H,24,25)/t11-,13+. The van der Waals surface area contributed by atoms with Crippen molar-refractivity contribution >= 4 is 28.5 Å². The summed E-state index contributed by atoms with van der Waals surface area (Å²) in [6.45, 7) is 0. The molecule has 6 nitrogen and oxygen atoms in total. The molecule has 1 aromatic heterocycles. The van der Waals surface area contributed by atoms with E-state index in [2.05, 4.69) is 0 Å². The summed E-state index contributed by atoms with van der Waals surface area (Å²) in [5, 5.41) is 9.79. The first kappa shape index (κ1) is 18.4. The molecule has 2 aromatic carbocycles. The lowest BCUT2D eigenvalue weighted by Crippen LogP contribution is -2.38. The van der Waals surface area contributed by atoms with E-state index in [1.807, 2.05) is 0 Å². The first-order chi connectivity index (χ1) is 13.5. The molecule has 0 amide bonds. The van der Waals surface area contributed by atoms with Gasteiger partial charge in [0.1, 0.15) is 23.4 Å². The number of fused-ring (bicyclic) bond motifs is 1. The van der Waals surface area contributed by atoms with Gasteiger partial charge in [0, 0.05) is 12.1 Å². The Hall–Kier alpha value is -2.99. The van der Waals surface area contributed by atoms with Gasteiger partial charge in [-0.2, -0.15) is 0 Å². The summed E-state index contributed by atoms with van der Waals surface area (Å²) in [4.78, 5) is 23.5. The number of hydrogen-bond donors (Lipinski definition) is 1. The van der Waals surface area contributed by atoms with Crippen LogP contribution in [0.2, 0.25) is 5.02 Å². The fourth-order valence-electron chi connectivity index (χ4n) is 3.25. The van der Waals surface area contributed by atoms with E-state index in [0.717, 1.165) is 0 Å². The van der Waals surface area contributed by atoms with Crippen LogP contribution in [-0.4, -0.2) is 24.3 Å². The second-order valence-electron chi connectivity index (χ2n) is 6.70. The predicted octanol–water partition coefficient (Wildman–Crippen LogP) is 4.36. The van der Waals surface area contributed by atoms with Gasteiger partial charge in [-0.1, -0.05) is 17.7 Å². The van der Waals surface area contributed by atoms with E-state index in [9.17, 15) is 9.59 Å². The Kier molecular flexibility index (Phi) is 4.73. The van der Waals surface area contributed by atoms with Gasteiger partial charge >= 0.3 is 5.97 Å². The molecule has 28 heavy (non-hydrogen) atoms. The molecular weight excluding hydrogens is 384 g/mol. The highest BCUT2D eigenvalue weighted by Gasteiger charge is 2.36. The van der Waals surface area contributed by atoms with Crippen molar-refractivity contribution in [1.29, 1.82) is 0 Å². The van der Waals surface area contributed by atoms with Crippen LogP contribution in [0.3, 0.4) is 0 Å². The Morgan fingerprint density at radius 3 is 2.71 bits per heavy atom. The maximum absolute atomic E-state index is 12.5. The first-order valence-electron chi connectivity index (χ1n) is 8.76. The summed E-state index contributed by atoms with van der Waals surface area (Å²) in [6.07, 6.45) is 0.640. The maximum Gasteiger partial charge on any atom is 0.306 e. The van der Waals surface area contributed by atoms with E-state index in [0.29, 0.717) is 51.7 Å². The quantitative estimate of drug-likeness (QED) is 0.684. The number of benzene rings is 2. The van der Waals surface area contributed by atoms with Crippen molar-refractivity contribution in [2.24, 2.45) is 5.92 Å². The first-order valence-corrected chi connectivity index (χ1v) is 9.14. The fourth-order valence-corrected chi connectivity index (χ4v) is 3.46. The summed E-state index contributed by atoms with van der Waals surface area (Å²) >= 11 is 6.20. The molecule has 144 valence electrons. The Bertz CT molecular complexity index is 1110. The average Bonchev–Trinajstić information content (AvgIpc) is 2.64. The van der Waals surface area contributed by atoms with Gasteiger partial charge in [-0.15, -0.1) is 0 Å². The summed E-state index contributed by atoms with van der Waals surface area (Å²) < 4.78 is 17.2. The van der Waals surface area contributed by atoms with Gasteiger partial charge in [0.25, 0.3) is 0 Å². The number of halogens is 1. The van der Waals surface area contributed by atoms with E-state index < -0.39 is 11.9 Å². The van der Waals surface area contributed by atoms with Crippen LogP contribution in [-0.2, 0) is 4.79 Å². The Balaban J connectivity index is 1.75. The average molecular weight is 401 g/mol. The van der Waals surface area contributed by atoms with Crippen LogP contribution < -0.4 is 14.9 Å². The van der Waals surface area contributed by atoms with Crippen molar-refractivity contribution < 1.29 is 23.8 Å². The lowest BCUT2D eigenvalue weighted by molar-refractivity contribution is -0.147. The number of carboxylic acid groups (broad SMARTS) is 1. The maximum atomic E-state index is 12.5. The zero-order valence-corrected chi connectivity index (χ0v) is 15.7. The number of hydrogen-bond acceptors (Lipinski definition) is 5. The molecule has 0 bridgehead atoms. The largest absolute Gasteiger partial charge is 0.497 e. The highest BCUT2D eigenvalue weighted by molar-refractivity contribution is 6.34. The van der Waals surface area contributed by atoms with Gasteiger partial charge in [-0.25, -0.2) is 0 Å². The molecule has 7 heteroatoms. The molecule has 1 aliphatic carbocycles. The summed E-state index contributed by atoms with van der Waals surface area (Å²) in [6, 6.07) is 11.6. The van der Waals surface area contributed by atoms with Crippen LogP contribution in [0, 0.1) is 5.92 Å². The minimum atomic E-state index is -0.819. The van der Waals surface area contributed by atoms with Crippen LogP contribution in [0.25, 0.3) is 22.3 Å². The third-order valence-electron chi connectivity index (χ3n) is 4.90. The summed E-state index contributed by atoms with van der Waals surface area (Å²) in [5.41, 5.74) is 0.664. The SMILES string of the molecule is COc1ccc(-c2cc(=O)c3cccc(Cl)c3o2)c(O[C@H]2C[C@@H](C(=O)O)C2)c1. The number of carboxylic acids is 1. The molecule has 1 saturated carbocycles. The molecule has 1 fully saturated rings. The van der Waals surface area contributed by atoms with E-state index in [1.54, 1.807) is 43.5 Å². The normalized spacial score (nSPS) is 18.5. The molecule has 0 unspecified atom stereocenters. The Morgan fingerprint density at radius 1 is 1.21 bits per heavy atom. The van der Waals surface area contributed by atoms with E-state index in [-0.39, 0.29) is 11.5 Å². The second kappa shape index (κ2) is 7.20. The van der Waals surface area contributed by atoms with Gasteiger partial charge in [0.05, 0.1) is 29.0 Å². The van der Waals surface area contributed by atoms with Crippen molar-refractivity contribution in [2.75, 3.05) is 7.11 Å². The topological polar surface area (TPSA) is 86.0 Å². The Morgan fingerprint density at radius 2 is 2.00 bits per heavy atom. The molecule has 0 radical (unpaired) electrons. The molecule has 1 N–H and O–H groups in total. The molecule has 3 aromatic rings. The monoisotopic (exact) mass is 400 g/mol. The van der Waals surface area contributed by atoms with Crippen LogP contribution in [0.15, 0.2) is 51.7 Å². The van der Waals surface area contributed by atoms with Crippen molar-refractivity contribution in [3.63, 3.8) is 0 Å². The Labute approximate surface area is 165 Å². The van der Waals surface area contributed by atoms with Crippen LogP contribution in [0.4, 0.5) is 0 Å². The minimum absolute atomic E-state index is 0.213. The van der Waals surface area contributed by atoms with Gasteiger partial charge < -0.3 is 19.0 Å². The molecule has 0 atom stereocenters. The zero-order chi connectivity index (χ0) is 19.8. The van der Waals surface area contributed by atoms with Gasteiger partial charge in [-0.05, 0) is 37.1 Å². The van der Waals surface area contributed by atoms with Crippen molar-refractivity contribution in [3.8, 4) is 22.8 Å². The highest BCUT2D eigenvalue weighted by Crippen LogP contribution is 2.39. The van der Waals surface area contributed by atoms with E-state index in [4.69, 9.17) is 30.6 Å². The lowest BCUT2D eigenvalue weighted by Gasteiger charge is -2.33. The molecule has 0 saturated heterocycles. The lowest BCUT2D eigenvalue weighted by atomic mass is 9.82. The molecule has 0 spiro atoms. The smallest absolute Gasteiger partial charge is 0.306 e. The van der Waals surface area contributed by atoms with Crippen molar-refractivity contribution in [3.05, 3.63) is 57.7 Å². The molecule has 1 heterocycles. The van der Waals surface area contributed by atoms with Crippen LogP contribution in [0.1, 0.15) is 12.8 Å². The van der Waals surface area contributed by atoms with Gasteiger partial charge in [-0.3, -0.25) is 9.59 Å². The molecule has 4 rings (SSSR count). The molecule has 0 aliphatic heterocycles. The molecule has 1 aliphatic rings. The summed E-state index contributed by atoms with van der Waals surface area (Å²) in [7, 11) is 1.54. The summed E-state index contributed by atoms with van der Waals surface area (Å²) in [5.74, 6) is 0.145. The van der Waals surface area contributed by atoms with Crippen molar-refractivity contribution in [1.82, 2.24) is 0 Å². The third-order valence-corrected chi connectivity index (χ3v) is 5.20. The second-order valence-corrected chi connectivity index (χ2v) is 7.11. The van der Waals surface area contributed by atoms with Gasteiger partial charge in [0.15, 0.2) is 11.0 Å². The van der Waals surface area contributed by atoms with Gasteiger partial charge in [0.2, 0.25) is 0 Å². The number of para-hydroxylation sites is 1. The molecular formula is C21H17ClO6. The predicted molar refractivity (Wildman–Crippen MR) is 104 cm³/mol. The zero-order valence-electron chi connectivity index (χ0n) is 15.0. The van der Waals surface area contributed by atoms with Crippen LogP contribution in [0.5, 0.6) is 11.5 Å². The minimum Gasteiger partial charge on any atom is -0.497 e. The highest BCUT2D eigenvalue weighted by atomic mass is 35.5. The van der Waals surface area contributed by atoms with Crippen LogP contribution >= 0.6 is 11.6 Å². The van der Waals surface area contributed by atoms with E-state index >= 15 is 0 Å². The number of rotatable bonds is 5. The fraction of sp³-hybridized carbons (Fsp3) is 0.238. The third kappa shape index (κ3) is 3.31. The van der Waals surface area contributed by atoms with E-state index in [1.165, 1.54) is 6.07 Å². The number of methoxy groups -OCH3 is 1. The number of aliphatic carboxylic acids is 1.